The summed E-state index contributed by atoms with van der Waals surface area (Å²) in [7, 11) is 0. The van der Waals surface area contributed by atoms with E-state index in [9.17, 15) is 0 Å². The maximum atomic E-state index is 6.16. The molecule has 2 heteroatoms. The van der Waals surface area contributed by atoms with Gasteiger partial charge in [0.05, 0.1) is 0 Å². The molecule has 114 valence electrons. The molecule has 1 aliphatic rings. The zero-order valence-electron chi connectivity index (χ0n) is 13.4. The van der Waals surface area contributed by atoms with Crippen LogP contribution in [-0.4, -0.2) is 0 Å². The van der Waals surface area contributed by atoms with Crippen LogP contribution in [0.5, 0.6) is 0 Å². The van der Waals surface area contributed by atoms with Crippen LogP contribution in [0.1, 0.15) is 25.0 Å². The van der Waals surface area contributed by atoms with Gasteiger partial charge in [0.25, 0.3) is 0 Å². The van der Waals surface area contributed by atoms with Gasteiger partial charge in [0, 0.05) is 28.0 Å². The van der Waals surface area contributed by atoms with Crippen LogP contribution < -0.4 is 11.1 Å². The number of fused-ring (bicyclic) bond motifs is 2. The van der Waals surface area contributed by atoms with Gasteiger partial charge in [0.1, 0.15) is 0 Å². The van der Waals surface area contributed by atoms with Crippen molar-refractivity contribution in [1.82, 2.24) is 0 Å². The summed E-state index contributed by atoms with van der Waals surface area (Å²) in [5, 5.41) is 3.56. The van der Waals surface area contributed by atoms with Crippen molar-refractivity contribution in [1.29, 1.82) is 0 Å². The molecule has 0 aromatic heterocycles. The number of para-hydroxylation sites is 2. The fourth-order valence-electron chi connectivity index (χ4n) is 3.53. The van der Waals surface area contributed by atoms with E-state index in [1.807, 2.05) is 18.2 Å². The second-order valence-electron chi connectivity index (χ2n) is 6.64. The van der Waals surface area contributed by atoms with Crippen LogP contribution in [0.3, 0.4) is 0 Å². The lowest BCUT2D eigenvalue weighted by molar-refractivity contribution is 0.638. The first kappa shape index (κ1) is 13.9. The molecular formula is C21H20N2. The van der Waals surface area contributed by atoms with Crippen molar-refractivity contribution in [2.75, 3.05) is 11.1 Å². The first-order valence-corrected chi connectivity index (χ1v) is 7.93. The predicted molar refractivity (Wildman–Crippen MR) is 98.1 cm³/mol. The Balaban J connectivity index is 1.90. The molecule has 1 heterocycles. The van der Waals surface area contributed by atoms with Crippen LogP contribution in [0, 0.1) is 0 Å². The van der Waals surface area contributed by atoms with Crippen molar-refractivity contribution in [3.63, 3.8) is 0 Å². The third kappa shape index (κ3) is 2.10. The molecule has 3 N–H and O–H groups in total. The first-order chi connectivity index (χ1) is 11.1. The number of nitrogen functional groups attached to an aromatic ring is 1. The quantitative estimate of drug-likeness (QED) is 0.597. The van der Waals surface area contributed by atoms with Gasteiger partial charge in [-0.25, -0.2) is 0 Å². The van der Waals surface area contributed by atoms with Crippen LogP contribution in [0.25, 0.3) is 11.1 Å². The lowest BCUT2D eigenvalue weighted by Crippen LogP contribution is -2.25. The Bertz CT molecular complexity index is 894. The molecule has 0 atom stereocenters. The largest absolute Gasteiger partial charge is 0.398 e. The van der Waals surface area contributed by atoms with E-state index in [1.165, 1.54) is 22.5 Å². The molecule has 0 spiro atoms. The van der Waals surface area contributed by atoms with Crippen molar-refractivity contribution in [2.45, 2.75) is 19.3 Å². The van der Waals surface area contributed by atoms with Gasteiger partial charge in [-0.2, -0.15) is 0 Å². The van der Waals surface area contributed by atoms with Crippen molar-refractivity contribution < 1.29 is 0 Å². The average Bonchev–Trinajstić information content (AvgIpc) is 2.55. The van der Waals surface area contributed by atoms with E-state index in [-0.39, 0.29) is 5.41 Å². The number of nitrogens with two attached hydrogens (primary N) is 1. The number of nitrogens with one attached hydrogen (secondary N) is 1. The highest BCUT2D eigenvalue weighted by atomic mass is 14.9. The molecule has 0 fully saturated rings. The van der Waals surface area contributed by atoms with Gasteiger partial charge in [0.15, 0.2) is 0 Å². The van der Waals surface area contributed by atoms with E-state index >= 15 is 0 Å². The Hall–Kier alpha value is -2.74. The zero-order valence-corrected chi connectivity index (χ0v) is 13.4. The van der Waals surface area contributed by atoms with E-state index in [0.717, 1.165) is 16.8 Å². The summed E-state index contributed by atoms with van der Waals surface area (Å²) in [4.78, 5) is 0. The summed E-state index contributed by atoms with van der Waals surface area (Å²) in [5.41, 5.74) is 14.2. The lowest BCUT2D eigenvalue weighted by Gasteiger charge is -2.36. The number of hydrogen-bond acceptors (Lipinski definition) is 2. The van der Waals surface area contributed by atoms with Crippen molar-refractivity contribution in [3.8, 4) is 11.1 Å². The van der Waals surface area contributed by atoms with E-state index in [1.54, 1.807) is 0 Å². The third-order valence-electron chi connectivity index (χ3n) is 4.83. The molecule has 3 aromatic carbocycles. The maximum absolute atomic E-state index is 6.16. The number of rotatable bonds is 1. The molecule has 0 saturated heterocycles. The first-order valence-electron chi connectivity index (χ1n) is 7.93. The van der Waals surface area contributed by atoms with Gasteiger partial charge in [-0.1, -0.05) is 56.3 Å². The molecule has 4 rings (SSSR count). The van der Waals surface area contributed by atoms with Crippen LogP contribution in [0.15, 0.2) is 66.7 Å². The molecule has 0 radical (unpaired) electrons. The van der Waals surface area contributed by atoms with Crippen LogP contribution in [0.2, 0.25) is 0 Å². The third-order valence-corrected chi connectivity index (χ3v) is 4.83. The molecule has 1 aliphatic heterocycles. The Kier molecular flexibility index (Phi) is 2.95. The van der Waals surface area contributed by atoms with Crippen LogP contribution >= 0.6 is 0 Å². The van der Waals surface area contributed by atoms with Crippen molar-refractivity contribution in [2.24, 2.45) is 0 Å². The molecule has 3 aromatic rings. The normalized spacial score (nSPS) is 14.5. The monoisotopic (exact) mass is 300 g/mol. The standard InChI is InChI=1S/C21H20N2/c1-21(2)16-8-4-6-10-19(16)23-20-12-11-14(13-17(20)21)15-7-3-5-9-18(15)22/h3-13,23H,22H2,1-2H3. The van der Waals surface area contributed by atoms with Crippen LogP contribution in [0.4, 0.5) is 17.1 Å². The molecule has 0 unspecified atom stereocenters. The highest BCUT2D eigenvalue weighted by Crippen LogP contribution is 2.46. The van der Waals surface area contributed by atoms with Crippen LogP contribution in [-0.2, 0) is 5.41 Å². The van der Waals surface area contributed by atoms with Gasteiger partial charge in [0.2, 0.25) is 0 Å². The topological polar surface area (TPSA) is 38.0 Å². The minimum Gasteiger partial charge on any atom is -0.398 e. The fourth-order valence-corrected chi connectivity index (χ4v) is 3.53. The smallest absolute Gasteiger partial charge is 0.0426 e. The molecule has 0 bridgehead atoms. The van der Waals surface area contributed by atoms with Gasteiger partial charge < -0.3 is 11.1 Å². The minimum atomic E-state index is -0.0449. The van der Waals surface area contributed by atoms with E-state index in [0.29, 0.717) is 0 Å². The highest BCUT2D eigenvalue weighted by Gasteiger charge is 2.32. The molecule has 0 aliphatic carbocycles. The molecule has 2 nitrogen and oxygen atoms in total. The summed E-state index contributed by atoms with van der Waals surface area (Å²) in [5.74, 6) is 0. The second kappa shape index (κ2) is 4.88. The van der Waals surface area contributed by atoms with Gasteiger partial charge >= 0.3 is 0 Å². The maximum Gasteiger partial charge on any atom is 0.0426 e. The Morgan fingerprint density at radius 3 is 2.30 bits per heavy atom. The van der Waals surface area contributed by atoms with Gasteiger partial charge in [-0.05, 0) is 41.0 Å². The number of anilines is 3. The van der Waals surface area contributed by atoms with Crippen molar-refractivity contribution >= 4 is 17.1 Å². The molecular weight excluding hydrogens is 280 g/mol. The summed E-state index contributed by atoms with van der Waals surface area (Å²) in [6.45, 7) is 4.56. The molecule has 23 heavy (non-hydrogen) atoms. The highest BCUT2D eigenvalue weighted by molar-refractivity contribution is 5.82. The SMILES string of the molecule is CC1(C)c2ccccc2Nc2ccc(-c3ccccc3N)cc21. The zero-order chi connectivity index (χ0) is 16.0. The summed E-state index contributed by atoms with van der Waals surface area (Å²) in [6.07, 6.45) is 0. The second-order valence-corrected chi connectivity index (χ2v) is 6.64. The Morgan fingerprint density at radius 1 is 0.783 bits per heavy atom. The number of hydrogen-bond donors (Lipinski definition) is 2. The molecule has 0 saturated carbocycles. The van der Waals surface area contributed by atoms with Gasteiger partial charge in [-0.15, -0.1) is 0 Å². The minimum absolute atomic E-state index is 0.0449. The van der Waals surface area contributed by atoms with E-state index in [4.69, 9.17) is 5.73 Å². The summed E-state index contributed by atoms with van der Waals surface area (Å²) in [6, 6.07) is 23.1. The van der Waals surface area contributed by atoms with Gasteiger partial charge in [-0.3, -0.25) is 0 Å². The summed E-state index contributed by atoms with van der Waals surface area (Å²) >= 11 is 0. The van der Waals surface area contributed by atoms with E-state index in [2.05, 4.69) is 67.7 Å². The molecule has 0 amide bonds. The van der Waals surface area contributed by atoms with Crippen molar-refractivity contribution in [3.05, 3.63) is 77.9 Å². The number of benzene rings is 3. The predicted octanol–water partition coefficient (Wildman–Crippen LogP) is 5.32. The average molecular weight is 300 g/mol. The van der Waals surface area contributed by atoms with E-state index < -0.39 is 0 Å². The fraction of sp³-hybridized carbons (Fsp3) is 0.143. The summed E-state index contributed by atoms with van der Waals surface area (Å²) < 4.78 is 0. The Morgan fingerprint density at radius 2 is 1.48 bits per heavy atom. The lowest BCUT2D eigenvalue weighted by atomic mass is 9.73. The Labute approximate surface area is 137 Å².